The van der Waals surface area contributed by atoms with Gasteiger partial charge in [0.05, 0.1) is 5.41 Å². The Hall–Kier alpha value is -1.84. The van der Waals surface area contributed by atoms with Gasteiger partial charge in [-0.1, -0.05) is 31.9 Å². The van der Waals surface area contributed by atoms with E-state index in [2.05, 4.69) is 12.2 Å². The van der Waals surface area contributed by atoms with Gasteiger partial charge in [-0.05, 0) is 43.4 Å². The van der Waals surface area contributed by atoms with E-state index in [1.807, 2.05) is 24.3 Å². The molecular formula is C17H23NO3. The second-order valence-electron chi connectivity index (χ2n) is 5.96. The molecule has 2 rings (SSSR count). The fraction of sp³-hybridized carbons (Fsp3) is 0.529. The Morgan fingerprint density at radius 1 is 1.24 bits per heavy atom. The molecule has 1 fully saturated rings. The highest BCUT2D eigenvalue weighted by Crippen LogP contribution is 2.44. The van der Waals surface area contributed by atoms with Crippen molar-refractivity contribution in [3.63, 3.8) is 0 Å². The highest BCUT2D eigenvalue weighted by atomic mass is 16.4. The van der Waals surface area contributed by atoms with Crippen molar-refractivity contribution in [2.75, 3.05) is 5.32 Å². The number of unbranched alkanes of at least 4 members (excludes halogenated alkanes) is 1. The number of anilines is 1. The molecule has 0 atom stereocenters. The molecule has 1 aliphatic carbocycles. The van der Waals surface area contributed by atoms with Gasteiger partial charge in [0.25, 0.3) is 0 Å². The molecule has 1 aromatic rings. The van der Waals surface area contributed by atoms with Gasteiger partial charge in [0.15, 0.2) is 0 Å². The number of hydrogen-bond donors (Lipinski definition) is 2. The lowest BCUT2D eigenvalue weighted by molar-refractivity contribution is -0.157. The van der Waals surface area contributed by atoms with Crippen molar-refractivity contribution in [3.05, 3.63) is 29.8 Å². The zero-order valence-electron chi connectivity index (χ0n) is 12.5. The fourth-order valence-corrected chi connectivity index (χ4v) is 2.72. The molecule has 1 saturated carbocycles. The molecule has 1 amide bonds. The van der Waals surface area contributed by atoms with Gasteiger partial charge in [-0.15, -0.1) is 0 Å². The molecule has 0 heterocycles. The van der Waals surface area contributed by atoms with Crippen LogP contribution in [0.2, 0.25) is 0 Å². The number of amides is 1. The monoisotopic (exact) mass is 289 g/mol. The van der Waals surface area contributed by atoms with Crippen LogP contribution in [-0.4, -0.2) is 17.0 Å². The van der Waals surface area contributed by atoms with Crippen LogP contribution in [0.1, 0.15) is 51.0 Å². The fourth-order valence-electron chi connectivity index (χ4n) is 2.72. The molecule has 0 saturated heterocycles. The SMILES string of the molecule is CCCCc1ccc(NC(=O)CC2(C(=O)O)CCC2)cc1. The number of aryl methyl sites for hydroxylation is 1. The summed E-state index contributed by atoms with van der Waals surface area (Å²) in [7, 11) is 0. The number of benzene rings is 1. The Labute approximate surface area is 125 Å². The zero-order chi connectivity index (χ0) is 15.3. The van der Waals surface area contributed by atoms with E-state index in [0.717, 1.165) is 31.4 Å². The van der Waals surface area contributed by atoms with Crippen LogP contribution < -0.4 is 5.32 Å². The minimum absolute atomic E-state index is 0.0694. The minimum Gasteiger partial charge on any atom is -0.481 e. The van der Waals surface area contributed by atoms with Gasteiger partial charge < -0.3 is 10.4 Å². The molecule has 2 N–H and O–H groups in total. The number of carboxylic acids is 1. The smallest absolute Gasteiger partial charge is 0.310 e. The first kappa shape index (κ1) is 15.5. The van der Waals surface area contributed by atoms with E-state index < -0.39 is 11.4 Å². The first-order chi connectivity index (χ1) is 10.1. The second-order valence-corrected chi connectivity index (χ2v) is 5.96. The molecule has 0 aliphatic heterocycles. The Morgan fingerprint density at radius 2 is 1.90 bits per heavy atom. The molecule has 0 radical (unpaired) electrons. The molecule has 0 spiro atoms. The van der Waals surface area contributed by atoms with E-state index in [1.165, 1.54) is 5.56 Å². The maximum absolute atomic E-state index is 12.0. The molecule has 0 aromatic heterocycles. The molecule has 0 bridgehead atoms. The van der Waals surface area contributed by atoms with Crippen LogP contribution in [0.5, 0.6) is 0 Å². The normalized spacial score (nSPS) is 16.0. The third-order valence-corrected chi connectivity index (χ3v) is 4.32. The summed E-state index contributed by atoms with van der Waals surface area (Å²) < 4.78 is 0. The Balaban J connectivity index is 1.89. The third-order valence-electron chi connectivity index (χ3n) is 4.32. The highest BCUT2D eigenvalue weighted by Gasteiger charge is 2.45. The number of carboxylic acid groups (broad SMARTS) is 1. The van der Waals surface area contributed by atoms with Gasteiger partial charge in [-0.25, -0.2) is 0 Å². The zero-order valence-corrected chi connectivity index (χ0v) is 12.5. The molecule has 4 nitrogen and oxygen atoms in total. The van der Waals surface area contributed by atoms with E-state index in [-0.39, 0.29) is 12.3 Å². The number of aliphatic carboxylic acids is 1. The molecule has 1 aliphatic rings. The van der Waals surface area contributed by atoms with Crippen LogP contribution in [-0.2, 0) is 16.0 Å². The topological polar surface area (TPSA) is 66.4 Å². The predicted molar refractivity (Wildman–Crippen MR) is 82.2 cm³/mol. The van der Waals surface area contributed by atoms with Crippen molar-refractivity contribution in [3.8, 4) is 0 Å². The number of hydrogen-bond acceptors (Lipinski definition) is 2. The number of carbonyl (C=O) groups excluding carboxylic acids is 1. The number of carbonyl (C=O) groups is 2. The third kappa shape index (κ3) is 3.84. The summed E-state index contributed by atoms with van der Waals surface area (Å²) in [5.74, 6) is -1.06. The maximum atomic E-state index is 12.0. The average molecular weight is 289 g/mol. The summed E-state index contributed by atoms with van der Waals surface area (Å²) in [5, 5.41) is 12.0. The van der Waals surface area contributed by atoms with Crippen molar-refractivity contribution >= 4 is 17.6 Å². The van der Waals surface area contributed by atoms with Crippen LogP contribution in [0.3, 0.4) is 0 Å². The predicted octanol–water partition coefficient (Wildman–Crippen LogP) is 3.61. The van der Waals surface area contributed by atoms with E-state index in [0.29, 0.717) is 12.8 Å². The van der Waals surface area contributed by atoms with Gasteiger partial charge in [0, 0.05) is 12.1 Å². The average Bonchev–Trinajstić information content (AvgIpc) is 2.41. The summed E-state index contributed by atoms with van der Waals surface area (Å²) in [5.41, 5.74) is 1.17. The Bertz CT molecular complexity index is 503. The van der Waals surface area contributed by atoms with Crippen molar-refractivity contribution in [1.29, 1.82) is 0 Å². The van der Waals surface area contributed by atoms with Crippen LogP contribution >= 0.6 is 0 Å². The van der Waals surface area contributed by atoms with Gasteiger partial charge in [0.1, 0.15) is 0 Å². The van der Waals surface area contributed by atoms with Crippen molar-refractivity contribution in [2.24, 2.45) is 5.41 Å². The van der Waals surface area contributed by atoms with E-state index >= 15 is 0 Å². The minimum atomic E-state index is -0.848. The van der Waals surface area contributed by atoms with Crippen LogP contribution in [0.15, 0.2) is 24.3 Å². The Morgan fingerprint density at radius 3 is 2.38 bits per heavy atom. The van der Waals surface area contributed by atoms with Gasteiger partial charge >= 0.3 is 5.97 Å². The maximum Gasteiger partial charge on any atom is 0.310 e. The second kappa shape index (κ2) is 6.74. The van der Waals surface area contributed by atoms with E-state index in [4.69, 9.17) is 0 Å². The lowest BCUT2D eigenvalue weighted by atomic mass is 9.66. The van der Waals surface area contributed by atoms with Gasteiger partial charge in [-0.3, -0.25) is 9.59 Å². The van der Waals surface area contributed by atoms with Crippen molar-refractivity contribution in [2.45, 2.75) is 51.9 Å². The largest absolute Gasteiger partial charge is 0.481 e. The molecule has 1 aromatic carbocycles. The highest BCUT2D eigenvalue weighted by molar-refractivity contribution is 5.94. The lowest BCUT2D eigenvalue weighted by Crippen LogP contribution is -2.41. The van der Waals surface area contributed by atoms with E-state index in [1.54, 1.807) is 0 Å². The summed E-state index contributed by atoms with van der Waals surface area (Å²) in [6.07, 6.45) is 5.54. The Kier molecular flexibility index (Phi) is 4.99. The summed E-state index contributed by atoms with van der Waals surface area (Å²) in [4.78, 5) is 23.3. The summed E-state index contributed by atoms with van der Waals surface area (Å²) in [6.45, 7) is 2.16. The first-order valence-electron chi connectivity index (χ1n) is 7.68. The molecule has 21 heavy (non-hydrogen) atoms. The van der Waals surface area contributed by atoms with Crippen LogP contribution in [0.4, 0.5) is 5.69 Å². The van der Waals surface area contributed by atoms with Gasteiger partial charge in [-0.2, -0.15) is 0 Å². The summed E-state index contributed by atoms with van der Waals surface area (Å²) in [6, 6.07) is 7.80. The van der Waals surface area contributed by atoms with Gasteiger partial charge in [0.2, 0.25) is 5.91 Å². The summed E-state index contributed by atoms with van der Waals surface area (Å²) >= 11 is 0. The van der Waals surface area contributed by atoms with Crippen LogP contribution in [0.25, 0.3) is 0 Å². The van der Waals surface area contributed by atoms with Crippen LogP contribution in [0, 0.1) is 5.41 Å². The molecule has 0 unspecified atom stereocenters. The number of rotatable bonds is 7. The molecular weight excluding hydrogens is 266 g/mol. The number of nitrogens with one attached hydrogen (secondary N) is 1. The quantitative estimate of drug-likeness (QED) is 0.805. The first-order valence-corrected chi connectivity index (χ1v) is 7.68. The van der Waals surface area contributed by atoms with Crippen molar-refractivity contribution in [1.82, 2.24) is 0 Å². The lowest BCUT2D eigenvalue weighted by Gasteiger charge is -2.36. The standard InChI is InChI=1S/C17H23NO3/c1-2-3-5-13-6-8-14(9-7-13)18-15(19)12-17(16(20)21)10-4-11-17/h6-9H,2-5,10-12H2,1H3,(H,18,19)(H,20,21). The van der Waals surface area contributed by atoms with Crippen molar-refractivity contribution < 1.29 is 14.7 Å². The molecule has 114 valence electrons. The molecule has 4 heteroatoms. The van der Waals surface area contributed by atoms with E-state index in [9.17, 15) is 14.7 Å².